The van der Waals surface area contributed by atoms with Crippen molar-refractivity contribution in [3.05, 3.63) is 40.4 Å². The molecule has 1 aromatic heterocycles. The Kier molecular flexibility index (Phi) is 8.09. The second-order valence-electron chi connectivity index (χ2n) is 8.84. The van der Waals surface area contributed by atoms with Gasteiger partial charge in [0.25, 0.3) is 0 Å². The number of likely N-dealkylation sites (tertiary alicyclic amines) is 1. The molecule has 7 heteroatoms. The van der Waals surface area contributed by atoms with Gasteiger partial charge >= 0.3 is 0 Å². The van der Waals surface area contributed by atoms with Gasteiger partial charge in [0, 0.05) is 13.0 Å². The monoisotopic (exact) mass is 445 g/mol. The lowest BCUT2D eigenvalue weighted by molar-refractivity contribution is -0.138. The summed E-state index contributed by atoms with van der Waals surface area (Å²) in [6.45, 7) is 3.66. The van der Waals surface area contributed by atoms with E-state index in [0.717, 1.165) is 29.6 Å². The number of rotatable bonds is 10. The Bertz CT molecular complexity index is 898. The Hall–Kier alpha value is -2.22. The zero-order chi connectivity index (χ0) is 23.4. The Morgan fingerprint density at radius 1 is 1.22 bits per heavy atom. The van der Waals surface area contributed by atoms with Crippen molar-refractivity contribution in [3.8, 4) is 0 Å². The van der Waals surface area contributed by atoms with Gasteiger partial charge in [0.05, 0.1) is 24.5 Å². The minimum atomic E-state index is -0.790. The van der Waals surface area contributed by atoms with E-state index in [0.29, 0.717) is 37.2 Å². The number of allylic oxidation sites excluding steroid dienone is 2. The molecule has 1 aliphatic heterocycles. The average molecular weight is 446 g/mol. The molecule has 0 spiro atoms. The summed E-state index contributed by atoms with van der Waals surface area (Å²) >= 11 is 0. The molecule has 2 aliphatic rings. The van der Waals surface area contributed by atoms with Crippen molar-refractivity contribution in [3.63, 3.8) is 0 Å². The van der Waals surface area contributed by atoms with Crippen LogP contribution in [0.5, 0.6) is 0 Å². The van der Waals surface area contributed by atoms with E-state index >= 15 is 0 Å². The maximum absolute atomic E-state index is 12.7. The van der Waals surface area contributed by atoms with Crippen LogP contribution >= 0.6 is 0 Å². The lowest BCUT2D eigenvalue weighted by Crippen LogP contribution is -2.39. The lowest BCUT2D eigenvalue weighted by atomic mass is 9.67. The molecular weight excluding hydrogens is 410 g/mol. The van der Waals surface area contributed by atoms with Crippen LogP contribution in [0.1, 0.15) is 63.9 Å². The second kappa shape index (κ2) is 10.6. The van der Waals surface area contributed by atoms with E-state index in [1.807, 2.05) is 19.1 Å². The van der Waals surface area contributed by atoms with E-state index in [1.54, 1.807) is 6.07 Å². The number of nitrogens with zero attached hydrogens (tertiary/aromatic N) is 1. The molecule has 2 heterocycles. The molecule has 176 valence electrons. The van der Waals surface area contributed by atoms with Crippen LogP contribution in [-0.2, 0) is 16.2 Å². The van der Waals surface area contributed by atoms with Crippen LogP contribution in [-0.4, -0.2) is 51.8 Å². The number of hydrogen-bond donors (Lipinski definition) is 3. The van der Waals surface area contributed by atoms with E-state index in [4.69, 9.17) is 4.42 Å². The molecule has 1 saturated heterocycles. The molecule has 1 fully saturated rings. The third-order valence-corrected chi connectivity index (χ3v) is 6.88. The van der Waals surface area contributed by atoms with Gasteiger partial charge in [-0.2, -0.15) is 0 Å². The fourth-order valence-electron chi connectivity index (χ4n) is 5.28. The van der Waals surface area contributed by atoms with E-state index < -0.39 is 23.9 Å². The summed E-state index contributed by atoms with van der Waals surface area (Å²) in [7, 11) is 1.50. The minimum absolute atomic E-state index is 0.148. The number of hydrogen-bond acceptors (Lipinski definition) is 6. The number of imide groups is 1. The number of amides is 2. The molecule has 0 aromatic carbocycles. The SMILES string of the molecule is CCC/C(=C\c1ccc(CO)o1)CC[C@@H](O)C1=C(CC)C[C@H]2C(=O)N(C)C(=O)[C@H]2[C@H]1CO. The smallest absolute Gasteiger partial charge is 0.233 e. The molecule has 0 bridgehead atoms. The molecule has 3 N–H and O–H groups in total. The molecule has 4 atom stereocenters. The Balaban J connectivity index is 1.81. The van der Waals surface area contributed by atoms with E-state index in [2.05, 4.69) is 6.92 Å². The van der Waals surface area contributed by atoms with Crippen molar-refractivity contribution in [2.75, 3.05) is 13.7 Å². The summed E-state index contributed by atoms with van der Waals surface area (Å²) in [6.07, 6.45) is 5.21. The van der Waals surface area contributed by atoms with Gasteiger partial charge in [-0.3, -0.25) is 14.5 Å². The van der Waals surface area contributed by atoms with Crippen LogP contribution < -0.4 is 0 Å². The first-order valence-electron chi connectivity index (χ1n) is 11.6. The van der Waals surface area contributed by atoms with Gasteiger partial charge in [-0.15, -0.1) is 0 Å². The highest BCUT2D eigenvalue weighted by Gasteiger charge is 2.53. The van der Waals surface area contributed by atoms with Crippen molar-refractivity contribution < 1.29 is 29.3 Å². The standard InChI is InChI=1S/C25H35NO6/c1-4-6-15(11-17-8-9-18(13-27)32-17)7-10-21(29)22-16(5-2)12-19-23(20(22)14-28)25(31)26(3)24(19)30/h8-9,11,19-21,23,27-29H,4-7,10,12-14H2,1-3H3/b15-11+/t19-,20+,21-,23-/m1/s1. The Labute approximate surface area is 189 Å². The van der Waals surface area contributed by atoms with Crippen molar-refractivity contribution in [2.24, 2.45) is 17.8 Å². The van der Waals surface area contributed by atoms with Crippen LogP contribution in [0.25, 0.3) is 6.08 Å². The summed E-state index contributed by atoms with van der Waals surface area (Å²) in [5, 5.41) is 30.6. The van der Waals surface area contributed by atoms with Crippen molar-refractivity contribution in [2.45, 2.75) is 65.1 Å². The summed E-state index contributed by atoms with van der Waals surface area (Å²) in [6, 6.07) is 3.56. The topological polar surface area (TPSA) is 111 Å². The molecule has 2 amide bonds. The fourth-order valence-corrected chi connectivity index (χ4v) is 5.28. The van der Waals surface area contributed by atoms with Gasteiger partial charge in [-0.1, -0.05) is 31.4 Å². The van der Waals surface area contributed by atoms with Crippen LogP contribution in [0.3, 0.4) is 0 Å². The first-order chi connectivity index (χ1) is 15.4. The van der Waals surface area contributed by atoms with Gasteiger partial charge in [-0.05, 0) is 55.9 Å². The molecule has 7 nitrogen and oxygen atoms in total. The fraction of sp³-hybridized carbons (Fsp3) is 0.600. The Morgan fingerprint density at radius 3 is 2.56 bits per heavy atom. The van der Waals surface area contributed by atoms with Crippen molar-refractivity contribution in [1.29, 1.82) is 0 Å². The lowest BCUT2D eigenvalue weighted by Gasteiger charge is -2.36. The van der Waals surface area contributed by atoms with Crippen LogP contribution in [0.15, 0.2) is 33.3 Å². The van der Waals surface area contributed by atoms with Gasteiger partial charge in [0.2, 0.25) is 11.8 Å². The maximum Gasteiger partial charge on any atom is 0.233 e. The molecular formula is C25H35NO6. The van der Waals surface area contributed by atoms with Gasteiger partial charge in [0.1, 0.15) is 18.1 Å². The van der Waals surface area contributed by atoms with Crippen LogP contribution in [0, 0.1) is 17.8 Å². The molecule has 0 saturated carbocycles. The van der Waals surface area contributed by atoms with Gasteiger partial charge in [0.15, 0.2) is 0 Å². The third kappa shape index (κ3) is 4.75. The number of fused-ring (bicyclic) bond motifs is 1. The summed E-state index contributed by atoms with van der Waals surface area (Å²) in [5.41, 5.74) is 2.85. The first kappa shape index (κ1) is 24.4. The molecule has 1 aliphatic carbocycles. The van der Waals surface area contributed by atoms with Gasteiger partial charge in [-0.25, -0.2) is 0 Å². The van der Waals surface area contributed by atoms with E-state index in [1.165, 1.54) is 11.9 Å². The summed E-state index contributed by atoms with van der Waals surface area (Å²) in [5.74, 6) is -0.833. The maximum atomic E-state index is 12.7. The number of carbonyl (C=O) groups is 2. The molecule has 0 unspecified atom stereocenters. The van der Waals surface area contributed by atoms with Crippen LogP contribution in [0.4, 0.5) is 0 Å². The van der Waals surface area contributed by atoms with Crippen molar-refractivity contribution in [1.82, 2.24) is 4.90 Å². The predicted molar refractivity (Wildman–Crippen MR) is 120 cm³/mol. The van der Waals surface area contributed by atoms with E-state index in [9.17, 15) is 24.9 Å². The molecule has 3 rings (SSSR count). The highest BCUT2D eigenvalue weighted by molar-refractivity contribution is 6.05. The van der Waals surface area contributed by atoms with Crippen LogP contribution in [0.2, 0.25) is 0 Å². The Morgan fingerprint density at radius 2 is 1.97 bits per heavy atom. The highest BCUT2D eigenvalue weighted by atomic mass is 16.4. The number of aliphatic hydroxyl groups excluding tert-OH is 3. The third-order valence-electron chi connectivity index (χ3n) is 6.88. The largest absolute Gasteiger partial charge is 0.459 e. The minimum Gasteiger partial charge on any atom is -0.459 e. The molecule has 1 aromatic rings. The zero-order valence-corrected chi connectivity index (χ0v) is 19.2. The summed E-state index contributed by atoms with van der Waals surface area (Å²) < 4.78 is 5.58. The number of carbonyl (C=O) groups excluding carboxylic acids is 2. The number of furan rings is 1. The predicted octanol–water partition coefficient (Wildman–Crippen LogP) is 3.05. The quantitative estimate of drug-likeness (QED) is 0.377. The molecule has 32 heavy (non-hydrogen) atoms. The summed E-state index contributed by atoms with van der Waals surface area (Å²) in [4.78, 5) is 26.4. The first-order valence-corrected chi connectivity index (χ1v) is 11.6. The number of aliphatic hydroxyl groups is 3. The highest BCUT2D eigenvalue weighted by Crippen LogP contribution is 2.46. The van der Waals surface area contributed by atoms with E-state index in [-0.39, 0.29) is 25.0 Å². The van der Waals surface area contributed by atoms with Gasteiger partial charge < -0.3 is 19.7 Å². The second-order valence-corrected chi connectivity index (χ2v) is 8.84. The normalized spacial score (nSPS) is 25.0. The average Bonchev–Trinajstić information content (AvgIpc) is 3.34. The van der Waals surface area contributed by atoms with Crippen molar-refractivity contribution >= 4 is 17.9 Å². The zero-order valence-electron chi connectivity index (χ0n) is 19.2. The molecule has 0 radical (unpaired) electrons.